The number of carbonyl (C=O) groups excluding carboxylic acids is 1. The van der Waals surface area contributed by atoms with Gasteiger partial charge in [0.05, 0.1) is 6.42 Å². The quantitative estimate of drug-likeness (QED) is 0.779. The minimum atomic E-state index is 0.00809. The van der Waals surface area contributed by atoms with Gasteiger partial charge in [-0.1, -0.05) is 39.0 Å². The Morgan fingerprint density at radius 2 is 1.95 bits per heavy atom. The molecule has 1 N–H and O–H groups in total. The van der Waals surface area contributed by atoms with Crippen molar-refractivity contribution in [2.24, 2.45) is 5.92 Å². The van der Waals surface area contributed by atoms with E-state index in [1.165, 1.54) is 38.5 Å². The molecule has 0 aromatic heterocycles. The van der Waals surface area contributed by atoms with E-state index in [0.29, 0.717) is 6.42 Å². The molecule has 2 saturated carbocycles. The molecule has 20 heavy (non-hydrogen) atoms. The molecule has 3 heteroatoms. The Hall–Kier alpha value is -0.570. The maximum absolute atomic E-state index is 12.3. The molecule has 2 unspecified atom stereocenters. The van der Waals surface area contributed by atoms with Crippen LogP contribution in [0, 0.1) is 5.92 Å². The van der Waals surface area contributed by atoms with Gasteiger partial charge in [-0.3, -0.25) is 4.79 Å². The molecule has 0 aromatic rings. The molecule has 3 nitrogen and oxygen atoms in total. The lowest BCUT2D eigenvalue weighted by molar-refractivity contribution is -0.153. The summed E-state index contributed by atoms with van der Waals surface area (Å²) in [4.78, 5) is 12.3. The highest BCUT2D eigenvalue weighted by Gasteiger charge is 2.34. The second-order valence-electron chi connectivity index (χ2n) is 6.82. The lowest BCUT2D eigenvalue weighted by atomic mass is 9.79. The van der Waals surface area contributed by atoms with E-state index >= 15 is 0 Å². The maximum Gasteiger partial charge on any atom is 0.307 e. The summed E-state index contributed by atoms with van der Waals surface area (Å²) in [5.41, 5.74) is 0.00809. The van der Waals surface area contributed by atoms with Gasteiger partial charge >= 0.3 is 5.97 Å². The first-order valence-electron chi connectivity index (χ1n) is 8.56. The van der Waals surface area contributed by atoms with Gasteiger partial charge < -0.3 is 10.1 Å². The number of esters is 1. The first-order chi connectivity index (χ1) is 9.67. The molecule has 2 aliphatic carbocycles. The normalized spacial score (nSPS) is 29.9. The molecule has 0 heterocycles. The molecular weight excluding hydrogens is 250 g/mol. The zero-order valence-electron chi connectivity index (χ0n) is 13.2. The van der Waals surface area contributed by atoms with E-state index in [4.69, 9.17) is 4.74 Å². The van der Waals surface area contributed by atoms with Crippen molar-refractivity contribution in [1.82, 2.24) is 5.32 Å². The van der Waals surface area contributed by atoms with Crippen LogP contribution in [0.15, 0.2) is 0 Å². The molecule has 0 bridgehead atoms. The predicted octanol–water partition coefficient (Wildman–Crippen LogP) is 3.81. The van der Waals surface area contributed by atoms with Crippen LogP contribution in [0.3, 0.4) is 0 Å². The highest BCUT2D eigenvalue weighted by atomic mass is 16.5. The van der Waals surface area contributed by atoms with Gasteiger partial charge in [0.25, 0.3) is 0 Å². The fourth-order valence-corrected chi connectivity index (χ4v) is 3.97. The van der Waals surface area contributed by atoms with Gasteiger partial charge in [0.2, 0.25) is 0 Å². The zero-order chi connectivity index (χ0) is 14.4. The Balaban J connectivity index is 1.81. The highest BCUT2D eigenvalue weighted by molar-refractivity contribution is 5.71. The Bertz CT molecular complexity index is 310. The predicted molar refractivity (Wildman–Crippen MR) is 81.6 cm³/mol. The zero-order valence-corrected chi connectivity index (χ0v) is 13.2. The molecule has 0 spiro atoms. The molecule has 0 amide bonds. The van der Waals surface area contributed by atoms with Crippen molar-refractivity contribution in [1.29, 1.82) is 0 Å². The van der Waals surface area contributed by atoms with Crippen molar-refractivity contribution in [2.45, 2.75) is 89.2 Å². The second kappa shape index (κ2) is 7.44. The molecule has 2 fully saturated rings. The Labute approximate surface area is 123 Å². The van der Waals surface area contributed by atoms with Gasteiger partial charge in [0.15, 0.2) is 0 Å². The minimum absolute atomic E-state index is 0.00809. The van der Waals surface area contributed by atoms with Crippen LogP contribution in [0.2, 0.25) is 0 Å². The lowest BCUT2D eigenvalue weighted by Crippen LogP contribution is -2.47. The first kappa shape index (κ1) is 15.8. The summed E-state index contributed by atoms with van der Waals surface area (Å²) in [7, 11) is 1.99. The van der Waals surface area contributed by atoms with Crippen molar-refractivity contribution >= 4 is 5.97 Å². The van der Waals surface area contributed by atoms with E-state index in [1.54, 1.807) is 0 Å². The van der Waals surface area contributed by atoms with Crippen molar-refractivity contribution in [2.75, 3.05) is 7.05 Å². The van der Waals surface area contributed by atoms with Crippen molar-refractivity contribution in [3.05, 3.63) is 0 Å². The van der Waals surface area contributed by atoms with Gasteiger partial charge in [0.1, 0.15) is 6.10 Å². The van der Waals surface area contributed by atoms with Gasteiger partial charge in [-0.05, 0) is 45.1 Å². The van der Waals surface area contributed by atoms with Crippen molar-refractivity contribution in [3.8, 4) is 0 Å². The van der Waals surface area contributed by atoms with Gasteiger partial charge in [-0.25, -0.2) is 0 Å². The van der Waals surface area contributed by atoms with Crippen LogP contribution in [-0.4, -0.2) is 24.7 Å². The Kier molecular flexibility index (Phi) is 5.88. The number of hydrogen-bond acceptors (Lipinski definition) is 3. The molecule has 0 aliphatic heterocycles. The molecule has 0 aromatic carbocycles. The lowest BCUT2D eigenvalue weighted by Gasteiger charge is -2.37. The second-order valence-corrected chi connectivity index (χ2v) is 6.82. The minimum Gasteiger partial charge on any atom is -0.462 e. The fraction of sp³-hybridized carbons (Fsp3) is 0.941. The van der Waals surface area contributed by atoms with Crippen LogP contribution in [0.4, 0.5) is 0 Å². The largest absolute Gasteiger partial charge is 0.462 e. The number of hydrogen-bond donors (Lipinski definition) is 1. The average Bonchev–Trinajstić information content (AvgIpc) is 2.48. The number of rotatable bonds is 5. The van der Waals surface area contributed by atoms with E-state index in [-0.39, 0.29) is 17.6 Å². The van der Waals surface area contributed by atoms with E-state index in [9.17, 15) is 4.79 Å². The third-order valence-electron chi connectivity index (χ3n) is 5.43. The molecule has 2 aliphatic rings. The monoisotopic (exact) mass is 281 g/mol. The average molecular weight is 281 g/mol. The first-order valence-corrected chi connectivity index (χ1v) is 8.56. The van der Waals surface area contributed by atoms with Gasteiger partial charge in [-0.15, -0.1) is 0 Å². The summed E-state index contributed by atoms with van der Waals surface area (Å²) >= 11 is 0. The summed E-state index contributed by atoms with van der Waals surface area (Å²) in [5, 5.41) is 3.40. The summed E-state index contributed by atoms with van der Waals surface area (Å²) in [6, 6.07) is 0. The van der Waals surface area contributed by atoms with Crippen LogP contribution in [0.1, 0.15) is 77.6 Å². The van der Waals surface area contributed by atoms with Crippen LogP contribution in [-0.2, 0) is 9.53 Å². The number of nitrogens with one attached hydrogen (secondary N) is 1. The van der Waals surface area contributed by atoms with Crippen LogP contribution in [0.25, 0.3) is 0 Å². The van der Waals surface area contributed by atoms with E-state index in [1.807, 2.05) is 7.05 Å². The van der Waals surface area contributed by atoms with Crippen molar-refractivity contribution in [3.63, 3.8) is 0 Å². The summed E-state index contributed by atoms with van der Waals surface area (Å²) < 4.78 is 5.77. The number of carbonyl (C=O) groups is 1. The summed E-state index contributed by atoms with van der Waals surface area (Å²) in [5.74, 6) is 0.775. The fourth-order valence-electron chi connectivity index (χ4n) is 3.97. The van der Waals surface area contributed by atoms with Crippen LogP contribution in [0.5, 0.6) is 0 Å². The highest BCUT2D eigenvalue weighted by Crippen LogP contribution is 2.33. The third kappa shape index (κ3) is 4.21. The Morgan fingerprint density at radius 1 is 1.20 bits per heavy atom. The molecule has 2 atom stereocenters. The molecule has 0 saturated heterocycles. The van der Waals surface area contributed by atoms with Crippen LogP contribution < -0.4 is 5.32 Å². The smallest absolute Gasteiger partial charge is 0.307 e. The summed E-state index contributed by atoms with van der Waals surface area (Å²) in [6.07, 6.45) is 12.6. The maximum atomic E-state index is 12.3. The molecule has 0 radical (unpaired) electrons. The molecule has 116 valence electrons. The van der Waals surface area contributed by atoms with E-state index in [2.05, 4.69) is 12.2 Å². The van der Waals surface area contributed by atoms with E-state index < -0.39 is 0 Å². The third-order valence-corrected chi connectivity index (χ3v) is 5.43. The number of ether oxygens (including phenoxy) is 1. The topological polar surface area (TPSA) is 38.3 Å². The van der Waals surface area contributed by atoms with Crippen LogP contribution >= 0.6 is 0 Å². The molecule has 2 rings (SSSR count). The molecular formula is C17H31NO2. The SMILES string of the molecule is CCC1CCCC(OC(=O)CC2(NC)CCCCC2)C1. The van der Waals surface area contributed by atoms with Gasteiger partial charge in [-0.2, -0.15) is 0 Å². The standard InChI is InChI=1S/C17H31NO2/c1-3-14-8-7-9-15(12-14)20-16(19)13-17(18-2)10-5-4-6-11-17/h14-15,18H,3-13H2,1-2H3. The summed E-state index contributed by atoms with van der Waals surface area (Å²) in [6.45, 7) is 2.24. The Morgan fingerprint density at radius 3 is 2.60 bits per heavy atom. The van der Waals surface area contributed by atoms with E-state index in [0.717, 1.165) is 31.6 Å². The van der Waals surface area contributed by atoms with Crippen molar-refractivity contribution < 1.29 is 9.53 Å². The van der Waals surface area contributed by atoms with Gasteiger partial charge in [0, 0.05) is 5.54 Å².